The van der Waals surface area contributed by atoms with Crippen molar-refractivity contribution in [3.8, 4) is 5.75 Å². The largest absolute Gasteiger partial charge is 0.496 e. The lowest BCUT2D eigenvalue weighted by atomic mass is 10.1. The number of thiophene rings is 1. The molecule has 0 radical (unpaired) electrons. The van der Waals surface area contributed by atoms with Crippen molar-refractivity contribution < 1.29 is 19.1 Å². The van der Waals surface area contributed by atoms with Gasteiger partial charge in [-0.15, -0.1) is 11.3 Å². The number of carbonyl (C=O) groups excluding carboxylic acids is 2. The molecule has 2 aromatic carbocycles. The summed E-state index contributed by atoms with van der Waals surface area (Å²) in [4.78, 5) is 25.6. The van der Waals surface area contributed by atoms with Gasteiger partial charge in [-0.05, 0) is 34.4 Å². The van der Waals surface area contributed by atoms with Crippen LogP contribution in [0.25, 0.3) is 10.8 Å². The van der Waals surface area contributed by atoms with Gasteiger partial charge < -0.3 is 14.8 Å². The molecule has 1 N–H and O–H groups in total. The number of thioether (sulfide) groups is 1. The third kappa shape index (κ3) is 5.50. The van der Waals surface area contributed by atoms with Crippen LogP contribution in [0.1, 0.15) is 15.2 Å². The van der Waals surface area contributed by atoms with E-state index in [2.05, 4.69) is 16.8 Å². The molecule has 0 aliphatic heterocycles. The van der Waals surface area contributed by atoms with Crippen molar-refractivity contribution in [1.82, 2.24) is 5.32 Å². The normalized spacial score (nSPS) is 10.6. The predicted octanol–water partition coefficient (Wildman–Crippen LogP) is 4.12. The van der Waals surface area contributed by atoms with Crippen LogP contribution in [0, 0.1) is 0 Å². The van der Waals surface area contributed by atoms with Crippen molar-refractivity contribution in [3.05, 3.63) is 64.4 Å². The molecule has 5 nitrogen and oxygen atoms in total. The van der Waals surface area contributed by atoms with Crippen molar-refractivity contribution in [2.45, 2.75) is 5.75 Å². The quantitative estimate of drug-likeness (QED) is 0.421. The molecule has 1 heterocycles. The van der Waals surface area contributed by atoms with Gasteiger partial charge >= 0.3 is 5.97 Å². The van der Waals surface area contributed by atoms with Gasteiger partial charge in [0.2, 0.25) is 0 Å². The minimum absolute atomic E-state index is 0.306. The predicted molar refractivity (Wildman–Crippen MR) is 114 cm³/mol. The Hall–Kier alpha value is -2.51. The number of ether oxygens (including phenoxy) is 2. The molecule has 0 aliphatic carbocycles. The molecular formula is C21H21NO4S2. The van der Waals surface area contributed by atoms with Gasteiger partial charge in [0.15, 0.2) is 6.61 Å². The van der Waals surface area contributed by atoms with E-state index in [-0.39, 0.29) is 12.5 Å². The number of benzene rings is 2. The number of carbonyl (C=O) groups is 2. The molecule has 0 spiro atoms. The Labute approximate surface area is 172 Å². The highest BCUT2D eigenvalue weighted by atomic mass is 32.2. The Balaban J connectivity index is 1.45. The maximum absolute atomic E-state index is 12.4. The van der Waals surface area contributed by atoms with Crippen LogP contribution in [0.4, 0.5) is 0 Å². The Kier molecular flexibility index (Phi) is 7.33. The molecule has 7 heteroatoms. The van der Waals surface area contributed by atoms with Crippen LogP contribution >= 0.6 is 23.1 Å². The molecule has 146 valence electrons. The molecule has 3 aromatic rings. The number of amides is 1. The molecule has 0 bridgehead atoms. The maximum atomic E-state index is 12.4. The van der Waals surface area contributed by atoms with Crippen molar-refractivity contribution in [2.24, 2.45) is 0 Å². The lowest BCUT2D eigenvalue weighted by Crippen LogP contribution is -2.30. The molecule has 0 unspecified atom stereocenters. The van der Waals surface area contributed by atoms with Crippen molar-refractivity contribution >= 4 is 45.7 Å². The fourth-order valence-electron chi connectivity index (χ4n) is 2.64. The van der Waals surface area contributed by atoms with E-state index in [9.17, 15) is 9.59 Å². The summed E-state index contributed by atoms with van der Waals surface area (Å²) in [6.07, 6.45) is 0. The average Bonchev–Trinajstić information content (AvgIpc) is 3.24. The zero-order valence-corrected chi connectivity index (χ0v) is 17.1. The van der Waals surface area contributed by atoms with Gasteiger partial charge in [-0.3, -0.25) is 4.79 Å². The summed E-state index contributed by atoms with van der Waals surface area (Å²) < 4.78 is 10.5. The van der Waals surface area contributed by atoms with E-state index in [4.69, 9.17) is 9.47 Å². The SMILES string of the molecule is COc1cc2ccccc2cc1C(=O)OCC(=O)NCCSCc1cccs1. The summed E-state index contributed by atoms with van der Waals surface area (Å²) in [5.74, 6) is 1.27. The minimum Gasteiger partial charge on any atom is -0.496 e. The number of esters is 1. The minimum atomic E-state index is -0.579. The van der Waals surface area contributed by atoms with Gasteiger partial charge in [-0.25, -0.2) is 4.79 Å². The molecule has 0 fully saturated rings. The van der Waals surface area contributed by atoms with Gasteiger partial charge in [0, 0.05) is 22.9 Å². The van der Waals surface area contributed by atoms with Gasteiger partial charge in [0.05, 0.1) is 7.11 Å². The summed E-state index contributed by atoms with van der Waals surface area (Å²) in [7, 11) is 1.50. The second kappa shape index (κ2) is 10.1. The van der Waals surface area contributed by atoms with Gasteiger partial charge in [-0.2, -0.15) is 11.8 Å². The molecule has 0 atom stereocenters. The van der Waals surface area contributed by atoms with Gasteiger partial charge in [0.25, 0.3) is 5.91 Å². The standard InChI is InChI=1S/C21H21NO4S2/c1-25-19-12-16-6-3-2-5-15(16)11-18(19)21(24)26-13-20(23)22-8-10-27-14-17-7-4-9-28-17/h2-7,9,11-12H,8,10,13-14H2,1H3,(H,22,23). The lowest BCUT2D eigenvalue weighted by Gasteiger charge is -2.11. The molecule has 0 saturated carbocycles. The van der Waals surface area contributed by atoms with Crippen molar-refractivity contribution in [3.63, 3.8) is 0 Å². The van der Waals surface area contributed by atoms with E-state index in [1.165, 1.54) is 12.0 Å². The highest BCUT2D eigenvalue weighted by Gasteiger charge is 2.16. The van der Waals surface area contributed by atoms with E-state index < -0.39 is 5.97 Å². The molecular weight excluding hydrogens is 394 g/mol. The first-order valence-corrected chi connectivity index (χ1v) is 10.8. The first kappa shape index (κ1) is 20.2. The van der Waals surface area contributed by atoms with E-state index >= 15 is 0 Å². The lowest BCUT2D eigenvalue weighted by molar-refractivity contribution is -0.124. The average molecular weight is 416 g/mol. The highest BCUT2D eigenvalue weighted by molar-refractivity contribution is 7.98. The van der Waals surface area contributed by atoms with Gasteiger partial charge in [0.1, 0.15) is 11.3 Å². The summed E-state index contributed by atoms with van der Waals surface area (Å²) >= 11 is 3.48. The Morgan fingerprint density at radius 1 is 1.11 bits per heavy atom. The summed E-state index contributed by atoms with van der Waals surface area (Å²) in [6, 6.07) is 15.3. The summed E-state index contributed by atoms with van der Waals surface area (Å²) in [6.45, 7) is 0.218. The van der Waals surface area contributed by atoms with Crippen LogP contribution in [0.2, 0.25) is 0 Å². The molecule has 1 aromatic heterocycles. The molecule has 1 amide bonds. The number of hydrogen-bond donors (Lipinski definition) is 1. The molecule has 0 aliphatic rings. The fraction of sp³-hybridized carbons (Fsp3) is 0.238. The third-order valence-corrected chi connectivity index (χ3v) is 6.08. The van der Waals surface area contributed by atoms with E-state index in [1.807, 2.05) is 30.3 Å². The smallest absolute Gasteiger partial charge is 0.342 e. The zero-order valence-electron chi connectivity index (χ0n) is 15.5. The number of nitrogens with one attached hydrogen (secondary N) is 1. The first-order valence-electron chi connectivity index (χ1n) is 8.78. The summed E-state index contributed by atoms with van der Waals surface area (Å²) in [5, 5.41) is 6.69. The van der Waals surface area contributed by atoms with Crippen molar-refractivity contribution in [2.75, 3.05) is 26.0 Å². The first-order chi connectivity index (χ1) is 13.7. The molecule has 0 saturated heterocycles. The summed E-state index contributed by atoms with van der Waals surface area (Å²) in [5.41, 5.74) is 0.306. The Morgan fingerprint density at radius 3 is 2.61 bits per heavy atom. The fourth-order valence-corrected chi connectivity index (χ4v) is 4.34. The van der Waals surface area contributed by atoms with Crippen LogP contribution < -0.4 is 10.1 Å². The topological polar surface area (TPSA) is 64.6 Å². The van der Waals surface area contributed by atoms with Crippen LogP contribution in [-0.4, -0.2) is 37.9 Å². The number of fused-ring (bicyclic) bond motifs is 1. The van der Waals surface area contributed by atoms with Crippen LogP contribution in [0.3, 0.4) is 0 Å². The van der Waals surface area contributed by atoms with Crippen LogP contribution in [0.15, 0.2) is 53.9 Å². The van der Waals surface area contributed by atoms with Gasteiger partial charge in [-0.1, -0.05) is 30.3 Å². The monoisotopic (exact) mass is 415 g/mol. The van der Waals surface area contributed by atoms with Crippen LogP contribution in [0.5, 0.6) is 5.75 Å². The second-order valence-electron chi connectivity index (χ2n) is 5.96. The van der Waals surface area contributed by atoms with E-state index in [1.54, 1.807) is 35.2 Å². The number of methoxy groups -OCH3 is 1. The molecule has 28 heavy (non-hydrogen) atoms. The molecule has 3 rings (SSSR count). The number of hydrogen-bond acceptors (Lipinski definition) is 6. The van der Waals surface area contributed by atoms with E-state index in [0.717, 1.165) is 22.3 Å². The zero-order chi connectivity index (χ0) is 19.8. The second-order valence-corrected chi connectivity index (χ2v) is 8.10. The highest BCUT2D eigenvalue weighted by Crippen LogP contribution is 2.26. The third-order valence-electron chi connectivity index (χ3n) is 4.02. The van der Waals surface area contributed by atoms with Crippen LogP contribution in [-0.2, 0) is 15.3 Å². The number of rotatable bonds is 9. The van der Waals surface area contributed by atoms with E-state index in [0.29, 0.717) is 17.9 Å². The maximum Gasteiger partial charge on any atom is 0.342 e. The Bertz CT molecular complexity index is 941. The van der Waals surface area contributed by atoms with Crippen molar-refractivity contribution in [1.29, 1.82) is 0 Å². The Morgan fingerprint density at radius 2 is 1.89 bits per heavy atom.